The fourth-order valence-electron chi connectivity index (χ4n) is 2.76. The van der Waals surface area contributed by atoms with Gasteiger partial charge in [0.1, 0.15) is 5.69 Å². The van der Waals surface area contributed by atoms with Gasteiger partial charge in [0.05, 0.1) is 5.01 Å². The van der Waals surface area contributed by atoms with Crippen molar-refractivity contribution in [1.29, 1.82) is 0 Å². The van der Waals surface area contributed by atoms with Gasteiger partial charge in [0, 0.05) is 17.5 Å². The van der Waals surface area contributed by atoms with E-state index in [1.807, 2.05) is 12.3 Å². The summed E-state index contributed by atoms with van der Waals surface area (Å²) >= 11 is 1.57. The molecule has 1 aromatic rings. The van der Waals surface area contributed by atoms with Crippen molar-refractivity contribution in [3.05, 3.63) is 16.1 Å². The van der Waals surface area contributed by atoms with Crippen molar-refractivity contribution in [1.82, 2.24) is 9.88 Å². The molecule has 0 aromatic carbocycles. The van der Waals surface area contributed by atoms with Crippen LogP contribution in [0.15, 0.2) is 5.38 Å². The SMILES string of the molecule is Cc1nc(C(=O)N(C2CCCC2)C2CC2)cs1. The fourth-order valence-corrected chi connectivity index (χ4v) is 3.35. The molecule has 0 atom stereocenters. The third-order valence-corrected chi connectivity index (χ3v) is 4.50. The van der Waals surface area contributed by atoms with Crippen molar-refractivity contribution >= 4 is 17.2 Å². The third-order valence-electron chi connectivity index (χ3n) is 3.73. The molecule has 92 valence electrons. The minimum atomic E-state index is 0.170. The topological polar surface area (TPSA) is 33.2 Å². The van der Waals surface area contributed by atoms with Crippen LogP contribution >= 0.6 is 11.3 Å². The third kappa shape index (κ3) is 2.23. The summed E-state index contributed by atoms with van der Waals surface area (Å²) in [5.74, 6) is 0.170. The van der Waals surface area contributed by atoms with Crippen LogP contribution in [-0.4, -0.2) is 27.9 Å². The maximum absolute atomic E-state index is 12.5. The van der Waals surface area contributed by atoms with Crippen LogP contribution in [0.1, 0.15) is 54.0 Å². The molecule has 0 aliphatic heterocycles. The highest BCUT2D eigenvalue weighted by atomic mass is 32.1. The second kappa shape index (κ2) is 4.41. The number of aryl methyl sites for hydroxylation is 1. The van der Waals surface area contributed by atoms with Gasteiger partial charge in [-0.2, -0.15) is 0 Å². The molecule has 4 heteroatoms. The molecule has 1 amide bonds. The number of hydrogen-bond acceptors (Lipinski definition) is 3. The zero-order valence-corrected chi connectivity index (χ0v) is 11.0. The molecule has 0 bridgehead atoms. The molecule has 1 heterocycles. The summed E-state index contributed by atoms with van der Waals surface area (Å²) in [5, 5.41) is 2.89. The van der Waals surface area contributed by atoms with E-state index < -0.39 is 0 Å². The molecular weight excluding hydrogens is 232 g/mol. The molecule has 2 aliphatic carbocycles. The molecule has 17 heavy (non-hydrogen) atoms. The van der Waals surface area contributed by atoms with Crippen LogP contribution in [0, 0.1) is 6.92 Å². The lowest BCUT2D eigenvalue weighted by atomic mass is 10.2. The molecule has 2 saturated carbocycles. The van der Waals surface area contributed by atoms with Crippen molar-refractivity contribution in [3.8, 4) is 0 Å². The summed E-state index contributed by atoms with van der Waals surface area (Å²) in [4.78, 5) is 19.0. The summed E-state index contributed by atoms with van der Waals surface area (Å²) in [6.45, 7) is 1.96. The summed E-state index contributed by atoms with van der Waals surface area (Å²) in [6, 6.07) is 0.990. The fraction of sp³-hybridized carbons (Fsp3) is 0.692. The summed E-state index contributed by atoms with van der Waals surface area (Å²) in [5.41, 5.74) is 0.659. The molecule has 2 fully saturated rings. The number of thiazole rings is 1. The number of carbonyl (C=O) groups excluding carboxylic acids is 1. The lowest BCUT2D eigenvalue weighted by Gasteiger charge is -2.28. The standard InChI is InChI=1S/C13H18N2OS/c1-9-14-12(8-17-9)13(16)15(11-6-7-11)10-4-2-3-5-10/h8,10-11H,2-7H2,1H3. The average Bonchev–Trinajstić information content (AvgIpc) is 2.82. The van der Waals surface area contributed by atoms with Gasteiger partial charge >= 0.3 is 0 Å². The molecule has 3 nitrogen and oxygen atoms in total. The number of amides is 1. The zero-order valence-electron chi connectivity index (χ0n) is 10.2. The quantitative estimate of drug-likeness (QED) is 0.826. The van der Waals surface area contributed by atoms with Crippen molar-refractivity contribution in [3.63, 3.8) is 0 Å². The predicted octanol–water partition coefficient (Wildman–Crippen LogP) is 3.00. The Kier molecular flexibility index (Phi) is 2.90. The van der Waals surface area contributed by atoms with Gasteiger partial charge < -0.3 is 4.90 Å². The summed E-state index contributed by atoms with van der Waals surface area (Å²) in [6.07, 6.45) is 7.29. The van der Waals surface area contributed by atoms with Crippen molar-refractivity contribution < 1.29 is 4.79 Å². The van der Waals surface area contributed by atoms with Crippen LogP contribution < -0.4 is 0 Å². The van der Waals surface area contributed by atoms with E-state index in [2.05, 4.69) is 9.88 Å². The van der Waals surface area contributed by atoms with Gasteiger partial charge in [-0.25, -0.2) is 4.98 Å². The second-order valence-electron chi connectivity index (χ2n) is 5.13. The first-order chi connectivity index (χ1) is 8.25. The summed E-state index contributed by atoms with van der Waals surface area (Å²) in [7, 11) is 0. The molecule has 0 unspecified atom stereocenters. The van der Waals surface area contributed by atoms with Gasteiger partial charge in [0.25, 0.3) is 5.91 Å². The Hall–Kier alpha value is -0.900. The Morgan fingerprint density at radius 1 is 1.29 bits per heavy atom. The van der Waals surface area contributed by atoms with Crippen LogP contribution in [0.2, 0.25) is 0 Å². The number of nitrogens with zero attached hydrogens (tertiary/aromatic N) is 2. The van der Waals surface area contributed by atoms with Gasteiger partial charge in [-0.3, -0.25) is 4.79 Å². The maximum atomic E-state index is 12.5. The Morgan fingerprint density at radius 2 is 1.94 bits per heavy atom. The molecule has 2 aliphatic rings. The first kappa shape index (κ1) is 11.2. The van der Waals surface area contributed by atoms with Gasteiger partial charge in [-0.15, -0.1) is 11.3 Å². The molecule has 0 radical (unpaired) electrons. The second-order valence-corrected chi connectivity index (χ2v) is 6.20. The number of aromatic nitrogens is 1. The van der Waals surface area contributed by atoms with Crippen LogP contribution in [0.4, 0.5) is 0 Å². The van der Waals surface area contributed by atoms with E-state index in [1.165, 1.54) is 38.5 Å². The zero-order chi connectivity index (χ0) is 11.8. The van der Waals surface area contributed by atoms with E-state index in [-0.39, 0.29) is 5.91 Å². The van der Waals surface area contributed by atoms with Gasteiger partial charge in [0.2, 0.25) is 0 Å². The van der Waals surface area contributed by atoms with E-state index in [0.29, 0.717) is 17.8 Å². The van der Waals surface area contributed by atoms with E-state index in [4.69, 9.17) is 0 Å². The molecule has 0 saturated heterocycles. The predicted molar refractivity (Wildman–Crippen MR) is 68.3 cm³/mol. The van der Waals surface area contributed by atoms with Gasteiger partial charge in [-0.1, -0.05) is 12.8 Å². The minimum absolute atomic E-state index is 0.170. The number of hydrogen-bond donors (Lipinski definition) is 0. The van der Waals surface area contributed by atoms with Crippen molar-refractivity contribution in [2.75, 3.05) is 0 Å². The monoisotopic (exact) mass is 250 g/mol. The highest BCUT2D eigenvalue weighted by Crippen LogP contribution is 2.35. The lowest BCUT2D eigenvalue weighted by Crippen LogP contribution is -2.40. The normalized spacial score (nSPS) is 20.8. The molecular formula is C13H18N2OS. The van der Waals surface area contributed by atoms with Crippen molar-refractivity contribution in [2.45, 2.75) is 57.5 Å². The Morgan fingerprint density at radius 3 is 2.47 bits per heavy atom. The highest BCUT2D eigenvalue weighted by Gasteiger charge is 2.39. The van der Waals surface area contributed by atoms with E-state index in [1.54, 1.807) is 11.3 Å². The van der Waals surface area contributed by atoms with Crippen molar-refractivity contribution in [2.24, 2.45) is 0 Å². The Labute approximate surface area is 106 Å². The molecule has 0 spiro atoms. The number of carbonyl (C=O) groups is 1. The Bertz CT molecular complexity index is 419. The minimum Gasteiger partial charge on any atom is -0.331 e. The van der Waals surface area contributed by atoms with Gasteiger partial charge in [0.15, 0.2) is 0 Å². The molecule has 1 aromatic heterocycles. The maximum Gasteiger partial charge on any atom is 0.273 e. The van der Waals surface area contributed by atoms with Gasteiger partial charge in [-0.05, 0) is 32.6 Å². The smallest absolute Gasteiger partial charge is 0.273 e. The van der Waals surface area contributed by atoms with Crippen LogP contribution in [0.25, 0.3) is 0 Å². The van der Waals surface area contributed by atoms with E-state index in [9.17, 15) is 4.79 Å². The largest absolute Gasteiger partial charge is 0.331 e. The molecule has 0 N–H and O–H groups in total. The highest BCUT2D eigenvalue weighted by molar-refractivity contribution is 7.09. The molecule has 3 rings (SSSR count). The Balaban J connectivity index is 1.80. The number of rotatable bonds is 3. The first-order valence-electron chi connectivity index (χ1n) is 6.50. The first-order valence-corrected chi connectivity index (χ1v) is 7.38. The lowest BCUT2D eigenvalue weighted by molar-refractivity contribution is 0.0659. The van der Waals surface area contributed by atoms with E-state index >= 15 is 0 Å². The average molecular weight is 250 g/mol. The summed E-state index contributed by atoms with van der Waals surface area (Å²) < 4.78 is 0. The van der Waals surface area contributed by atoms with Crippen LogP contribution in [0.3, 0.4) is 0 Å². The van der Waals surface area contributed by atoms with Crippen LogP contribution in [0.5, 0.6) is 0 Å². The van der Waals surface area contributed by atoms with E-state index in [0.717, 1.165) is 5.01 Å². The van der Waals surface area contributed by atoms with Crippen LogP contribution in [-0.2, 0) is 0 Å².